The lowest BCUT2D eigenvalue weighted by atomic mass is 9.40. The Morgan fingerprint density at radius 1 is 1.00 bits per heavy atom. The third-order valence-electron chi connectivity index (χ3n) is 11.4. The van der Waals surface area contributed by atoms with Gasteiger partial charge in [0.2, 0.25) is 5.91 Å². The van der Waals surface area contributed by atoms with E-state index in [0.717, 1.165) is 22.4 Å². The summed E-state index contributed by atoms with van der Waals surface area (Å²) in [6, 6.07) is 13.6. The fraction of sp³-hybridized carbons (Fsp3) is 0.486. The van der Waals surface area contributed by atoms with Crippen LogP contribution in [-0.4, -0.2) is 62.0 Å². The zero-order valence-electron chi connectivity index (χ0n) is 27.0. The van der Waals surface area contributed by atoms with Gasteiger partial charge in [0.15, 0.2) is 0 Å². The molecule has 4 bridgehead atoms. The number of urea groups is 1. The second kappa shape index (κ2) is 12.0. The third kappa shape index (κ3) is 4.85. The van der Waals surface area contributed by atoms with Gasteiger partial charge in [0.1, 0.15) is 16.9 Å². The van der Waals surface area contributed by atoms with Crippen LogP contribution in [0.2, 0.25) is 0 Å². The molecule has 1 heterocycles. The Labute approximate surface area is 277 Å². The van der Waals surface area contributed by atoms with E-state index >= 15 is 9.59 Å². The summed E-state index contributed by atoms with van der Waals surface area (Å²) in [5.41, 5.74) is 9.87. The lowest BCUT2D eigenvalue weighted by Gasteiger charge is -2.66. The van der Waals surface area contributed by atoms with Crippen molar-refractivity contribution in [3.8, 4) is 0 Å². The number of hydrogen-bond acceptors (Lipinski definition) is 9. The number of rotatable bonds is 11. The van der Waals surface area contributed by atoms with Gasteiger partial charge in [0.25, 0.3) is 11.8 Å². The third-order valence-corrected chi connectivity index (χ3v) is 11.4. The molecule has 1 saturated heterocycles. The topological polar surface area (TPSA) is 203 Å². The maximum absolute atomic E-state index is 15.2. The number of amides is 5. The van der Waals surface area contributed by atoms with Crippen LogP contribution in [0, 0.1) is 28.7 Å². The molecule has 252 valence electrons. The van der Waals surface area contributed by atoms with Gasteiger partial charge >= 0.3 is 12.0 Å². The van der Waals surface area contributed by atoms with E-state index in [-0.39, 0.29) is 43.6 Å². The molecule has 2 aromatic carbocycles. The summed E-state index contributed by atoms with van der Waals surface area (Å²) in [6.45, 7) is 3.15. The number of carboxylic acid groups (broad SMARTS) is 1. The molecule has 13 heteroatoms. The quantitative estimate of drug-likeness (QED) is 0.208. The van der Waals surface area contributed by atoms with Crippen LogP contribution >= 0.6 is 0 Å². The number of ketones is 1. The van der Waals surface area contributed by atoms with Gasteiger partial charge < -0.3 is 15.7 Å². The molecule has 5 atom stereocenters. The van der Waals surface area contributed by atoms with E-state index in [1.54, 1.807) is 31.2 Å². The van der Waals surface area contributed by atoms with Gasteiger partial charge in [0.05, 0.1) is 24.4 Å². The molecule has 5 fully saturated rings. The molecule has 7 rings (SSSR count). The number of carbonyl (C=O) groups is 6. The second-order valence-electron chi connectivity index (χ2n) is 14.1. The summed E-state index contributed by atoms with van der Waals surface area (Å²) in [5.74, 6) is -4.84. The molecule has 48 heavy (non-hydrogen) atoms. The molecular weight excluding hydrogens is 616 g/mol. The summed E-state index contributed by atoms with van der Waals surface area (Å²) >= 11 is 0. The predicted molar refractivity (Wildman–Crippen MR) is 170 cm³/mol. The van der Waals surface area contributed by atoms with Crippen molar-refractivity contribution in [2.45, 2.75) is 82.6 Å². The van der Waals surface area contributed by atoms with Crippen molar-refractivity contribution in [2.24, 2.45) is 34.0 Å². The van der Waals surface area contributed by atoms with Crippen molar-refractivity contribution in [3.63, 3.8) is 0 Å². The Morgan fingerprint density at radius 3 is 2.19 bits per heavy atom. The monoisotopic (exact) mass is 656 g/mol. The molecule has 0 aromatic heterocycles. The molecule has 2 aromatic rings. The van der Waals surface area contributed by atoms with E-state index < -0.39 is 64.6 Å². The first-order valence-electron chi connectivity index (χ1n) is 16.3. The van der Waals surface area contributed by atoms with Crippen molar-refractivity contribution < 1.29 is 33.9 Å². The van der Waals surface area contributed by atoms with Crippen molar-refractivity contribution in [1.29, 1.82) is 5.53 Å². The minimum Gasteiger partial charge on any atom is -0.481 e. The maximum Gasteiger partial charge on any atom is 0.329 e. The van der Waals surface area contributed by atoms with Crippen molar-refractivity contribution in [1.82, 2.24) is 15.1 Å². The van der Waals surface area contributed by atoms with E-state index in [0.29, 0.717) is 18.4 Å². The maximum atomic E-state index is 15.2. The van der Waals surface area contributed by atoms with Crippen LogP contribution in [0.15, 0.2) is 59.7 Å². The SMILES string of the molecule is CC(=O)C12CC3CC(CC(C3)[C@]1(C(=O)NC(=O)[C@@H](N)CC(=O)O)N1C(=O)N(Cc3ccccc3)[C@](C)(c3ccc(CN=N)cc3)C1=O)C2. The van der Waals surface area contributed by atoms with Gasteiger partial charge in [-0.15, -0.1) is 0 Å². The van der Waals surface area contributed by atoms with Gasteiger partial charge in [-0.2, -0.15) is 5.11 Å². The van der Waals surface area contributed by atoms with Crippen molar-refractivity contribution >= 4 is 35.5 Å². The molecule has 5 N–H and O–H groups in total. The van der Waals surface area contributed by atoms with Gasteiger partial charge in [-0.25, -0.2) is 15.2 Å². The number of aliphatic carboxylic acids is 1. The first-order valence-corrected chi connectivity index (χ1v) is 16.3. The standard InChI is InChI=1S/C35H40N6O7/c1-20(42)34-16-23-12-24(17-34)14-26(13-23)35(34,30(46)39-29(45)27(36)15-28(43)44)41-31(47)33(2,25-10-8-21(9-11-25)18-38-37)40(32(41)48)19-22-6-4-3-5-7-22/h3-11,23-24,26-27,37H,12-19,36H2,1-2H3,(H,43,44)(H,39,45,46)/t23?,24?,26?,27-,33+,34?,35+/m0/s1. The normalized spacial score (nSPS) is 31.1. The highest BCUT2D eigenvalue weighted by atomic mass is 16.4. The molecular formula is C35H40N6O7. The summed E-state index contributed by atoms with van der Waals surface area (Å²) in [5, 5.41) is 15.0. The number of nitrogens with one attached hydrogen (secondary N) is 2. The molecule has 4 saturated carbocycles. The van der Waals surface area contributed by atoms with E-state index in [4.69, 9.17) is 11.3 Å². The van der Waals surface area contributed by atoms with Crippen LogP contribution in [0.4, 0.5) is 4.79 Å². The van der Waals surface area contributed by atoms with E-state index in [2.05, 4.69) is 10.4 Å². The first-order chi connectivity index (χ1) is 22.8. The van der Waals surface area contributed by atoms with Gasteiger partial charge in [0, 0.05) is 6.54 Å². The molecule has 13 nitrogen and oxygen atoms in total. The number of carboxylic acids is 1. The lowest BCUT2D eigenvalue weighted by molar-refractivity contribution is -0.196. The summed E-state index contributed by atoms with van der Waals surface area (Å²) in [6.07, 6.45) is 1.64. The number of nitrogens with two attached hydrogens (primary N) is 1. The number of carbonyl (C=O) groups excluding carboxylic acids is 5. The van der Waals surface area contributed by atoms with Gasteiger partial charge in [-0.3, -0.25) is 29.3 Å². The molecule has 0 radical (unpaired) electrons. The molecule has 5 amide bonds. The largest absolute Gasteiger partial charge is 0.481 e. The van der Waals surface area contributed by atoms with Crippen LogP contribution in [0.5, 0.6) is 0 Å². The van der Waals surface area contributed by atoms with Crippen molar-refractivity contribution in [3.05, 3.63) is 71.3 Å². The Morgan fingerprint density at radius 2 is 1.62 bits per heavy atom. The minimum absolute atomic E-state index is 0.00528. The summed E-state index contributed by atoms with van der Waals surface area (Å²) in [7, 11) is 0. The summed E-state index contributed by atoms with van der Waals surface area (Å²) < 4.78 is 0. The molecule has 1 aliphatic heterocycles. The van der Waals surface area contributed by atoms with Crippen LogP contribution in [-0.2, 0) is 42.6 Å². The summed E-state index contributed by atoms with van der Waals surface area (Å²) in [4.78, 5) is 86.2. The molecule has 5 aliphatic rings. The van der Waals surface area contributed by atoms with Crippen LogP contribution in [0.25, 0.3) is 0 Å². The zero-order chi connectivity index (χ0) is 34.6. The molecule has 4 aliphatic carbocycles. The Kier molecular flexibility index (Phi) is 8.30. The highest BCUT2D eigenvalue weighted by Crippen LogP contribution is 2.68. The first kappa shape index (κ1) is 33.1. The fourth-order valence-corrected chi connectivity index (χ4v) is 9.39. The molecule has 0 spiro atoms. The Hall–Kier alpha value is -4.78. The number of hydrogen-bond donors (Lipinski definition) is 4. The number of Topliss-reactive ketones (excluding diaryl/α,β-unsaturated/α-hetero) is 1. The minimum atomic E-state index is -2.06. The van der Waals surface area contributed by atoms with Crippen LogP contribution < -0.4 is 11.1 Å². The predicted octanol–water partition coefficient (Wildman–Crippen LogP) is 3.50. The smallest absolute Gasteiger partial charge is 0.329 e. The zero-order valence-corrected chi connectivity index (χ0v) is 27.0. The van der Waals surface area contributed by atoms with Crippen molar-refractivity contribution in [2.75, 3.05) is 0 Å². The van der Waals surface area contributed by atoms with E-state index in [1.807, 2.05) is 30.3 Å². The second-order valence-corrected chi connectivity index (χ2v) is 14.1. The average molecular weight is 657 g/mol. The number of nitrogens with zero attached hydrogens (tertiary/aromatic N) is 3. The highest BCUT2D eigenvalue weighted by Gasteiger charge is 2.78. The highest BCUT2D eigenvalue weighted by molar-refractivity contribution is 6.15. The lowest BCUT2D eigenvalue weighted by Crippen LogP contribution is -2.80. The number of imide groups is 2. The van der Waals surface area contributed by atoms with Crippen LogP contribution in [0.3, 0.4) is 0 Å². The van der Waals surface area contributed by atoms with Gasteiger partial charge in [-0.1, -0.05) is 54.6 Å². The van der Waals surface area contributed by atoms with E-state index in [9.17, 15) is 24.3 Å². The Balaban J connectivity index is 1.54. The Bertz CT molecular complexity index is 1680. The van der Waals surface area contributed by atoms with Gasteiger partial charge in [-0.05, 0) is 80.4 Å². The number of benzene rings is 2. The van der Waals surface area contributed by atoms with Crippen LogP contribution in [0.1, 0.15) is 69.1 Å². The average Bonchev–Trinajstić information content (AvgIpc) is 3.22. The fourth-order valence-electron chi connectivity index (χ4n) is 9.39. The molecule has 2 unspecified atom stereocenters. The van der Waals surface area contributed by atoms with E-state index in [1.165, 1.54) is 11.8 Å².